The summed E-state index contributed by atoms with van der Waals surface area (Å²) >= 11 is 0. The molecule has 4 aromatic rings. The van der Waals surface area contributed by atoms with Crippen molar-refractivity contribution in [1.29, 1.82) is 0 Å². The Hall–Kier alpha value is -4.81. The van der Waals surface area contributed by atoms with Gasteiger partial charge in [0.2, 0.25) is 16.0 Å². The molecule has 0 unspecified atom stereocenters. The molecule has 1 aromatic heterocycles. The lowest BCUT2D eigenvalue weighted by Gasteiger charge is -2.23. The number of sulfonamides is 1. The van der Waals surface area contributed by atoms with E-state index in [-0.39, 0.29) is 11.3 Å². The highest BCUT2D eigenvalue weighted by Crippen LogP contribution is 2.22. The summed E-state index contributed by atoms with van der Waals surface area (Å²) in [5.41, 5.74) is 2.04. The van der Waals surface area contributed by atoms with Crippen LogP contribution in [0.3, 0.4) is 0 Å². The zero-order valence-corrected chi connectivity index (χ0v) is 24.1. The Balaban J connectivity index is 1.47. The van der Waals surface area contributed by atoms with Crippen LogP contribution >= 0.6 is 0 Å². The Kier molecular flexibility index (Phi) is 9.18. The van der Waals surface area contributed by atoms with E-state index in [1.807, 2.05) is 24.3 Å². The van der Waals surface area contributed by atoms with Crippen molar-refractivity contribution in [3.05, 3.63) is 96.7 Å². The Bertz CT molecular complexity index is 1640. The highest BCUT2D eigenvalue weighted by atomic mass is 32.2. The molecule has 3 aromatic carbocycles. The molecular formula is C30H31N5O6S. The van der Waals surface area contributed by atoms with Crippen molar-refractivity contribution in [2.45, 2.75) is 43.7 Å². The van der Waals surface area contributed by atoms with E-state index in [2.05, 4.69) is 20.6 Å². The average molecular weight is 590 g/mol. The fraction of sp³-hybridized carbons (Fsp3) is 0.200. The minimum atomic E-state index is -3.79. The van der Waals surface area contributed by atoms with Crippen LogP contribution in [0.25, 0.3) is 11.3 Å². The molecule has 218 valence electrons. The molecule has 0 saturated heterocycles. The molecule has 12 heteroatoms. The molecule has 11 nitrogen and oxygen atoms in total. The van der Waals surface area contributed by atoms with Gasteiger partial charge in [0.1, 0.15) is 17.4 Å². The van der Waals surface area contributed by atoms with Crippen LogP contribution in [0, 0.1) is 0 Å². The third kappa shape index (κ3) is 8.85. The first-order valence-corrected chi connectivity index (χ1v) is 14.5. The second-order valence-electron chi connectivity index (χ2n) is 10.3. The summed E-state index contributed by atoms with van der Waals surface area (Å²) in [5.74, 6) is 0.0485. The highest BCUT2D eigenvalue weighted by molar-refractivity contribution is 7.89. The number of amides is 1. The van der Waals surface area contributed by atoms with Crippen molar-refractivity contribution in [3.63, 3.8) is 0 Å². The fourth-order valence-corrected chi connectivity index (χ4v) is 4.32. The molecule has 0 saturated carbocycles. The van der Waals surface area contributed by atoms with Crippen LogP contribution in [-0.2, 0) is 26.0 Å². The minimum absolute atomic E-state index is 0.000305. The van der Waals surface area contributed by atoms with Crippen LogP contribution in [0.4, 0.5) is 16.4 Å². The second-order valence-corrected chi connectivity index (χ2v) is 11.9. The predicted octanol–water partition coefficient (Wildman–Crippen LogP) is 4.58. The van der Waals surface area contributed by atoms with Crippen LogP contribution in [0.1, 0.15) is 26.3 Å². The number of ether oxygens (including phenoxy) is 2. The van der Waals surface area contributed by atoms with E-state index < -0.39 is 33.7 Å². The molecule has 0 spiro atoms. The number of aromatic nitrogens is 2. The Morgan fingerprint density at radius 2 is 1.60 bits per heavy atom. The lowest BCUT2D eigenvalue weighted by atomic mass is 10.0. The number of carbonyl (C=O) groups is 2. The number of primary sulfonamides is 1. The summed E-state index contributed by atoms with van der Waals surface area (Å²) in [6, 6.07) is 22.6. The van der Waals surface area contributed by atoms with Crippen molar-refractivity contribution >= 4 is 33.7 Å². The predicted molar refractivity (Wildman–Crippen MR) is 158 cm³/mol. The maximum Gasteiger partial charge on any atom is 0.408 e. The van der Waals surface area contributed by atoms with Crippen LogP contribution in [0.15, 0.2) is 96.0 Å². The van der Waals surface area contributed by atoms with Crippen molar-refractivity contribution in [3.8, 4) is 17.0 Å². The number of hydrogen-bond donors (Lipinski definition) is 3. The SMILES string of the molecule is CC(C)(C)OC(=O)N[C@H](Cc1ccc(-c2ccnc(Nc3ccc(S(N)(=O)=O)cc3)n2)cc1)C(=O)Oc1ccccc1. The third-order valence-corrected chi connectivity index (χ3v) is 6.65. The van der Waals surface area contributed by atoms with Gasteiger partial charge in [-0.15, -0.1) is 0 Å². The van der Waals surface area contributed by atoms with Gasteiger partial charge >= 0.3 is 12.1 Å². The van der Waals surface area contributed by atoms with Crippen LogP contribution in [0.2, 0.25) is 0 Å². The Morgan fingerprint density at radius 3 is 2.21 bits per heavy atom. The summed E-state index contributed by atoms with van der Waals surface area (Å²) in [5, 5.41) is 10.8. The largest absolute Gasteiger partial charge is 0.444 e. The summed E-state index contributed by atoms with van der Waals surface area (Å²) in [6.07, 6.45) is 1.03. The minimum Gasteiger partial charge on any atom is -0.444 e. The molecule has 0 aliphatic rings. The number of alkyl carbamates (subject to hydrolysis) is 1. The van der Waals surface area contributed by atoms with E-state index in [0.717, 1.165) is 11.1 Å². The highest BCUT2D eigenvalue weighted by Gasteiger charge is 2.26. The first-order chi connectivity index (χ1) is 19.9. The Morgan fingerprint density at radius 1 is 0.929 bits per heavy atom. The molecule has 0 radical (unpaired) electrons. The standard InChI is InChI=1S/C30H31N5O6S/c1-30(2,3)41-29(37)35-26(27(36)40-23-7-5-4-6-8-23)19-20-9-11-21(12-10-20)25-17-18-32-28(34-25)33-22-13-15-24(16-14-22)42(31,38)39/h4-18,26H,19H2,1-3H3,(H,35,37)(H2,31,38,39)(H,32,33,34)/t26-/m1/s1. The van der Waals surface area contributed by atoms with Crippen molar-refractivity contribution < 1.29 is 27.5 Å². The van der Waals surface area contributed by atoms with Crippen LogP contribution < -0.4 is 20.5 Å². The van der Waals surface area contributed by atoms with E-state index in [9.17, 15) is 18.0 Å². The van der Waals surface area contributed by atoms with Crippen molar-refractivity contribution in [1.82, 2.24) is 15.3 Å². The molecular weight excluding hydrogens is 558 g/mol. The zero-order valence-electron chi connectivity index (χ0n) is 23.3. The summed E-state index contributed by atoms with van der Waals surface area (Å²) < 4.78 is 33.8. The fourth-order valence-electron chi connectivity index (χ4n) is 3.80. The lowest BCUT2D eigenvalue weighted by molar-refractivity contribution is -0.136. The van der Waals surface area contributed by atoms with Gasteiger partial charge in [0, 0.05) is 23.9 Å². The van der Waals surface area contributed by atoms with Crippen LogP contribution in [-0.4, -0.2) is 42.1 Å². The van der Waals surface area contributed by atoms with Gasteiger partial charge < -0.3 is 20.1 Å². The molecule has 0 bridgehead atoms. The molecule has 0 aliphatic heterocycles. The van der Waals surface area contributed by atoms with Gasteiger partial charge in [0.05, 0.1) is 10.6 Å². The van der Waals surface area contributed by atoms with E-state index in [1.165, 1.54) is 12.1 Å². The van der Waals surface area contributed by atoms with Gasteiger partial charge in [-0.3, -0.25) is 0 Å². The summed E-state index contributed by atoms with van der Waals surface area (Å²) in [7, 11) is -3.79. The quantitative estimate of drug-likeness (QED) is 0.187. The molecule has 0 aliphatic carbocycles. The van der Waals surface area contributed by atoms with Crippen molar-refractivity contribution in [2.75, 3.05) is 5.32 Å². The summed E-state index contributed by atoms with van der Waals surface area (Å²) in [6.45, 7) is 5.21. The number of esters is 1. The van der Waals surface area contributed by atoms with E-state index in [4.69, 9.17) is 14.6 Å². The van der Waals surface area contributed by atoms with Gasteiger partial charge in [-0.1, -0.05) is 42.5 Å². The van der Waals surface area contributed by atoms with Gasteiger partial charge in [-0.25, -0.2) is 33.1 Å². The lowest BCUT2D eigenvalue weighted by Crippen LogP contribution is -2.46. The zero-order chi connectivity index (χ0) is 30.3. The number of nitrogens with zero attached hydrogens (tertiary/aromatic N) is 2. The molecule has 4 rings (SSSR count). The Labute approximate surface area is 244 Å². The first-order valence-electron chi connectivity index (χ1n) is 12.9. The normalized spacial score (nSPS) is 12.2. The van der Waals surface area contributed by atoms with Gasteiger partial charge in [0.25, 0.3) is 0 Å². The molecule has 0 fully saturated rings. The van der Waals surface area contributed by atoms with Gasteiger partial charge in [0.15, 0.2) is 0 Å². The first kappa shape index (κ1) is 30.2. The monoisotopic (exact) mass is 589 g/mol. The van der Waals surface area contributed by atoms with E-state index >= 15 is 0 Å². The van der Waals surface area contributed by atoms with Gasteiger partial charge in [-0.2, -0.15) is 0 Å². The number of anilines is 2. The topological polar surface area (TPSA) is 163 Å². The average Bonchev–Trinajstić information content (AvgIpc) is 2.92. The van der Waals surface area contributed by atoms with Crippen molar-refractivity contribution in [2.24, 2.45) is 5.14 Å². The maximum absolute atomic E-state index is 13.0. The van der Waals surface area contributed by atoms with Crippen LogP contribution in [0.5, 0.6) is 5.75 Å². The van der Waals surface area contributed by atoms with E-state index in [1.54, 1.807) is 75.5 Å². The molecule has 1 heterocycles. The number of carbonyl (C=O) groups excluding carboxylic acids is 2. The number of para-hydroxylation sites is 1. The number of benzene rings is 3. The molecule has 42 heavy (non-hydrogen) atoms. The summed E-state index contributed by atoms with van der Waals surface area (Å²) in [4.78, 5) is 34.3. The maximum atomic E-state index is 13.0. The molecule has 1 atom stereocenters. The molecule has 4 N–H and O–H groups in total. The second kappa shape index (κ2) is 12.8. The number of rotatable bonds is 9. The smallest absolute Gasteiger partial charge is 0.408 e. The third-order valence-electron chi connectivity index (χ3n) is 5.72. The number of nitrogens with two attached hydrogens (primary N) is 1. The van der Waals surface area contributed by atoms with E-state index in [0.29, 0.717) is 23.1 Å². The van der Waals surface area contributed by atoms with Gasteiger partial charge in [-0.05, 0) is 68.8 Å². The number of hydrogen-bond acceptors (Lipinski definition) is 9. The molecule has 1 amide bonds. The number of nitrogens with one attached hydrogen (secondary N) is 2.